The predicted octanol–water partition coefficient (Wildman–Crippen LogP) is 1.90. The van der Waals surface area contributed by atoms with Crippen molar-refractivity contribution < 1.29 is 24.1 Å². The summed E-state index contributed by atoms with van der Waals surface area (Å²) in [5, 5.41) is 9.49. The Hall–Kier alpha value is -1.30. The van der Waals surface area contributed by atoms with Crippen LogP contribution in [0.4, 0.5) is 0 Å². The highest BCUT2D eigenvalue weighted by atomic mass is 16.6. The van der Waals surface area contributed by atoms with E-state index in [2.05, 4.69) is 0 Å². The first kappa shape index (κ1) is 14.6. The molecule has 1 N–H and O–H groups in total. The van der Waals surface area contributed by atoms with Crippen LogP contribution in [0.5, 0.6) is 11.5 Å². The van der Waals surface area contributed by atoms with Crippen LogP contribution in [-0.2, 0) is 16.1 Å². The fourth-order valence-corrected chi connectivity index (χ4v) is 3.09. The van der Waals surface area contributed by atoms with Crippen molar-refractivity contribution in [2.75, 3.05) is 26.9 Å². The standard InChI is InChI=1S/C16H22O5/c1-18-14-4-2-3-12(10-17)15(14)21-13-5-7-20-16(9-13)6-8-19-11-16/h2-4,13,17H,5-11H2,1H3. The van der Waals surface area contributed by atoms with Crippen molar-refractivity contribution in [3.05, 3.63) is 23.8 Å². The Morgan fingerprint density at radius 2 is 2.29 bits per heavy atom. The topological polar surface area (TPSA) is 57.2 Å². The van der Waals surface area contributed by atoms with Crippen LogP contribution in [0.3, 0.4) is 0 Å². The van der Waals surface area contributed by atoms with Gasteiger partial charge < -0.3 is 24.1 Å². The van der Waals surface area contributed by atoms with Crippen molar-refractivity contribution >= 4 is 0 Å². The molecule has 2 aliphatic rings. The average molecular weight is 294 g/mol. The molecule has 0 saturated carbocycles. The highest BCUT2D eigenvalue weighted by Gasteiger charge is 2.42. The molecule has 116 valence electrons. The Balaban J connectivity index is 1.77. The summed E-state index contributed by atoms with van der Waals surface area (Å²) in [6.07, 6.45) is 2.63. The summed E-state index contributed by atoms with van der Waals surface area (Å²) in [5.74, 6) is 1.30. The summed E-state index contributed by atoms with van der Waals surface area (Å²) >= 11 is 0. The molecule has 1 aromatic carbocycles. The van der Waals surface area contributed by atoms with E-state index in [-0.39, 0.29) is 18.3 Å². The van der Waals surface area contributed by atoms with Gasteiger partial charge in [0.25, 0.3) is 0 Å². The maximum absolute atomic E-state index is 9.49. The molecule has 5 heteroatoms. The SMILES string of the molecule is COc1cccc(CO)c1OC1CCOC2(CCOC2)C1. The van der Waals surface area contributed by atoms with E-state index in [0.29, 0.717) is 24.7 Å². The zero-order valence-electron chi connectivity index (χ0n) is 12.3. The van der Waals surface area contributed by atoms with E-state index in [1.807, 2.05) is 18.2 Å². The Bertz CT molecular complexity index is 459. The van der Waals surface area contributed by atoms with E-state index in [0.717, 1.165) is 31.4 Å². The predicted molar refractivity (Wildman–Crippen MR) is 76.7 cm³/mol. The van der Waals surface area contributed by atoms with Crippen molar-refractivity contribution in [3.8, 4) is 11.5 Å². The van der Waals surface area contributed by atoms with Gasteiger partial charge in [-0.1, -0.05) is 12.1 Å². The molecule has 2 saturated heterocycles. The zero-order valence-corrected chi connectivity index (χ0v) is 12.3. The third-order valence-electron chi connectivity index (χ3n) is 4.25. The summed E-state index contributed by atoms with van der Waals surface area (Å²) in [4.78, 5) is 0. The lowest BCUT2D eigenvalue weighted by atomic mass is 9.91. The number of aliphatic hydroxyl groups excluding tert-OH is 1. The Morgan fingerprint density at radius 1 is 1.38 bits per heavy atom. The number of methoxy groups -OCH3 is 1. The third kappa shape index (κ3) is 3.00. The molecule has 3 rings (SSSR count). The molecule has 0 bridgehead atoms. The molecule has 1 aromatic rings. The quantitative estimate of drug-likeness (QED) is 0.919. The van der Waals surface area contributed by atoms with Crippen LogP contribution < -0.4 is 9.47 Å². The van der Waals surface area contributed by atoms with Gasteiger partial charge in [-0.2, -0.15) is 0 Å². The second-order valence-corrected chi connectivity index (χ2v) is 5.67. The summed E-state index contributed by atoms with van der Waals surface area (Å²) < 4.78 is 22.9. The van der Waals surface area contributed by atoms with E-state index in [9.17, 15) is 5.11 Å². The minimum Gasteiger partial charge on any atom is -0.493 e. The van der Waals surface area contributed by atoms with Gasteiger partial charge in [-0.15, -0.1) is 0 Å². The molecule has 0 amide bonds. The Labute approximate surface area is 124 Å². The van der Waals surface area contributed by atoms with Crippen molar-refractivity contribution in [2.24, 2.45) is 0 Å². The van der Waals surface area contributed by atoms with E-state index in [1.54, 1.807) is 7.11 Å². The largest absolute Gasteiger partial charge is 0.493 e. The number of aliphatic hydroxyl groups is 1. The molecule has 0 aromatic heterocycles. The summed E-state index contributed by atoms with van der Waals surface area (Å²) in [5.41, 5.74) is 0.558. The molecule has 2 heterocycles. The Kier molecular flexibility index (Phi) is 4.33. The smallest absolute Gasteiger partial charge is 0.167 e. The van der Waals surface area contributed by atoms with Crippen LogP contribution in [0.2, 0.25) is 0 Å². The summed E-state index contributed by atoms with van der Waals surface area (Å²) in [6.45, 7) is 2.01. The van der Waals surface area contributed by atoms with Gasteiger partial charge in [-0.05, 0) is 6.07 Å². The monoisotopic (exact) mass is 294 g/mol. The van der Waals surface area contributed by atoms with Gasteiger partial charge in [-0.25, -0.2) is 0 Å². The van der Waals surface area contributed by atoms with Gasteiger partial charge in [0.2, 0.25) is 0 Å². The van der Waals surface area contributed by atoms with Crippen LogP contribution >= 0.6 is 0 Å². The van der Waals surface area contributed by atoms with Crippen LogP contribution in [0.1, 0.15) is 24.8 Å². The van der Waals surface area contributed by atoms with Crippen LogP contribution in [-0.4, -0.2) is 43.7 Å². The van der Waals surface area contributed by atoms with Gasteiger partial charge in [-0.3, -0.25) is 0 Å². The fourth-order valence-electron chi connectivity index (χ4n) is 3.09. The van der Waals surface area contributed by atoms with Gasteiger partial charge in [0.15, 0.2) is 11.5 Å². The Morgan fingerprint density at radius 3 is 3.00 bits per heavy atom. The van der Waals surface area contributed by atoms with E-state index >= 15 is 0 Å². The molecule has 2 fully saturated rings. The molecule has 0 radical (unpaired) electrons. The van der Waals surface area contributed by atoms with E-state index < -0.39 is 0 Å². The maximum Gasteiger partial charge on any atom is 0.167 e. The first-order chi connectivity index (χ1) is 10.3. The summed E-state index contributed by atoms with van der Waals surface area (Å²) in [7, 11) is 1.61. The number of para-hydroxylation sites is 1. The molecule has 0 aliphatic carbocycles. The van der Waals surface area contributed by atoms with Crippen LogP contribution in [0, 0.1) is 0 Å². The minimum atomic E-state index is -0.190. The zero-order chi connectivity index (χ0) is 14.7. The van der Waals surface area contributed by atoms with Crippen molar-refractivity contribution in [1.82, 2.24) is 0 Å². The number of ether oxygens (including phenoxy) is 4. The van der Waals surface area contributed by atoms with Crippen LogP contribution in [0.15, 0.2) is 18.2 Å². The van der Waals surface area contributed by atoms with Gasteiger partial charge in [0, 0.05) is 31.4 Å². The molecule has 21 heavy (non-hydrogen) atoms. The van der Waals surface area contributed by atoms with E-state index in [4.69, 9.17) is 18.9 Å². The van der Waals surface area contributed by atoms with Gasteiger partial charge >= 0.3 is 0 Å². The van der Waals surface area contributed by atoms with Crippen LogP contribution in [0.25, 0.3) is 0 Å². The second kappa shape index (κ2) is 6.22. The number of benzene rings is 1. The van der Waals surface area contributed by atoms with Gasteiger partial charge in [0.1, 0.15) is 6.10 Å². The first-order valence-corrected chi connectivity index (χ1v) is 7.41. The lowest BCUT2D eigenvalue weighted by molar-refractivity contribution is -0.112. The molecule has 2 unspecified atom stereocenters. The highest BCUT2D eigenvalue weighted by Crippen LogP contribution is 2.38. The second-order valence-electron chi connectivity index (χ2n) is 5.67. The normalized spacial score (nSPS) is 28.8. The molecule has 1 spiro atoms. The minimum absolute atomic E-state index is 0.0575. The third-order valence-corrected chi connectivity index (χ3v) is 4.25. The van der Waals surface area contributed by atoms with Gasteiger partial charge in [0.05, 0.1) is 32.5 Å². The number of hydrogen-bond donors (Lipinski definition) is 1. The maximum atomic E-state index is 9.49. The molecular formula is C16H22O5. The molecule has 2 atom stereocenters. The molecular weight excluding hydrogens is 272 g/mol. The molecule has 5 nitrogen and oxygen atoms in total. The first-order valence-electron chi connectivity index (χ1n) is 7.41. The molecule has 2 aliphatic heterocycles. The van der Waals surface area contributed by atoms with E-state index in [1.165, 1.54) is 0 Å². The number of rotatable bonds is 4. The average Bonchev–Trinajstić information content (AvgIpc) is 2.95. The highest BCUT2D eigenvalue weighted by molar-refractivity contribution is 5.46. The lowest BCUT2D eigenvalue weighted by Gasteiger charge is -2.37. The van der Waals surface area contributed by atoms with Crippen molar-refractivity contribution in [2.45, 2.75) is 37.6 Å². The fraction of sp³-hybridized carbons (Fsp3) is 0.625. The van der Waals surface area contributed by atoms with Crippen molar-refractivity contribution in [1.29, 1.82) is 0 Å². The lowest BCUT2D eigenvalue weighted by Crippen LogP contribution is -2.44. The van der Waals surface area contributed by atoms with Crippen molar-refractivity contribution in [3.63, 3.8) is 0 Å². The summed E-state index contributed by atoms with van der Waals surface area (Å²) in [6, 6.07) is 5.56. The number of hydrogen-bond acceptors (Lipinski definition) is 5.